The van der Waals surface area contributed by atoms with Crippen molar-refractivity contribution in [2.75, 3.05) is 17.2 Å². The largest absolute Gasteiger partial charge is 0.367 e. The standard InChI is InChI=1S/C13H19N5/c1-9-5-3-4-8-17(9)11-6-7-12-15-13(14)16-18(12)10(11)2/h6-7,9H,3-5,8H2,1-2H3,(H2,14,16). The summed E-state index contributed by atoms with van der Waals surface area (Å²) >= 11 is 0. The number of pyridine rings is 1. The maximum absolute atomic E-state index is 5.66. The van der Waals surface area contributed by atoms with E-state index in [1.54, 1.807) is 0 Å². The summed E-state index contributed by atoms with van der Waals surface area (Å²) in [7, 11) is 0. The number of hydrogen-bond acceptors (Lipinski definition) is 4. The van der Waals surface area contributed by atoms with Crippen molar-refractivity contribution >= 4 is 17.3 Å². The maximum Gasteiger partial charge on any atom is 0.240 e. The normalized spacial score (nSPS) is 20.6. The minimum absolute atomic E-state index is 0.335. The molecule has 2 aromatic heterocycles. The fraction of sp³-hybridized carbons (Fsp3) is 0.538. The monoisotopic (exact) mass is 245 g/mol. The van der Waals surface area contributed by atoms with Crippen molar-refractivity contribution in [3.63, 3.8) is 0 Å². The lowest BCUT2D eigenvalue weighted by Gasteiger charge is -2.36. The second kappa shape index (κ2) is 4.15. The van der Waals surface area contributed by atoms with Gasteiger partial charge in [0.1, 0.15) is 0 Å². The summed E-state index contributed by atoms with van der Waals surface area (Å²) in [6, 6.07) is 4.73. The van der Waals surface area contributed by atoms with Gasteiger partial charge in [0.05, 0.1) is 11.4 Å². The van der Waals surface area contributed by atoms with E-state index in [2.05, 4.69) is 34.9 Å². The van der Waals surface area contributed by atoms with Crippen molar-refractivity contribution in [1.82, 2.24) is 14.6 Å². The summed E-state index contributed by atoms with van der Waals surface area (Å²) < 4.78 is 1.84. The lowest BCUT2D eigenvalue weighted by molar-refractivity contribution is 0.483. The topological polar surface area (TPSA) is 59.5 Å². The molecule has 3 rings (SSSR count). The van der Waals surface area contributed by atoms with E-state index < -0.39 is 0 Å². The SMILES string of the molecule is Cc1c(N2CCCCC2C)ccc2nc(N)nn12. The third-order valence-corrected chi connectivity index (χ3v) is 3.84. The highest BCUT2D eigenvalue weighted by Gasteiger charge is 2.21. The molecule has 1 unspecified atom stereocenters. The third kappa shape index (κ3) is 1.70. The Bertz CT molecular complexity index is 574. The minimum atomic E-state index is 0.335. The van der Waals surface area contributed by atoms with E-state index >= 15 is 0 Å². The molecule has 1 saturated heterocycles. The Kier molecular flexibility index (Phi) is 2.61. The molecule has 1 aliphatic rings. The summed E-state index contributed by atoms with van der Waals surface area (Å²) in [6.45, 7) is 5.49. The molecule has 96 valence electrons. The molecule has 1 aliphatic heterocycles. The number of rotatable bonds is 1. The van der Waals surface area contributed by atoms with Gasteiger partial charge in [0.25, 0.3) is 0 Å². The summed E-state index contributed by atoms with van der Waals surface area (Å²) in [5, 5.41) is 4.25. The molecule has 0 saturated carbocycles. The fourth-order valence-corrected chi connectivity index (χ4v) is 2.84. The summed E-state index contributed by atoms with van der Waals surface area (Å²) in [5.74, 6) is 0.335. The Labute approximate surface area is 107 Å². The van der Waals surface area contributed by atoms with Gasteiger partial charge in [0.2, 0.25) is 5.95 Å². The van der Waals surface area contributed by atoms with Gasteiger partial charge in [-0.05, 0) is 45.2 Å². The molecule has 2 aromatic rings. The van der Waals surface area contributed by atoms with E-state index in [9.17, 15) is 0 Å². The molecule has 1 atom stereocenters. The van der Waals surface area contributed by atoms with Crippen molar-refractivity contribution in [2.45, 2.75) is 39.2 Å². The van der Waals surface area contributed by atoms with Crippen molar-refractivity contribution in [1.29, 1.82) is 0 Å². The molecule has 0 bridgehead atoms. The smallest absolute Gasteiger partial charge is 0.240 e. The van der Waals surface area contributed by atoms with Crippen LogP contribution in [0.2, 0.25) is 0 Å². The van der Waals surface area contributed by atoms with Crippen molar-refractivity contribution < 1.29 is 0 Å². The van der Waals surface area contributed by atoms with Gasteiger partial charge in [-0.25, -0.2) is 4.52 Å². The van der Waals surface area contributed by atoms with Crippen molar-refractivity contribution in [3.05, 3.63) is 17.8 Å². The second-order valence-electron chi connectivity index (χ2n) is 5.08. The van der Waals surface area contributed by atoms with Crippen LogP contribution in [0.15, 0.2) is 12.1 Å². The minimum Gasteiger partial charge on any atom is -0.367 e. The molecule has 18 heavy (non-hydrogen) atoms. The summed E-state index contributed by atoms with van der Waals surface area (Å²) in [5.41, 5.74) is 8.84. The number of nitrogens with two attached hydrogens (primary N) is 1. The number of piperidine rings is 1. The van der Waals surface area contributed by atoms with Crippen LogP contribution < -0.4 is 10.6 Å². The van der Waals surface area contributed by atoms with E-state index in [0.717, 1.165) is 17.9 Å². The number of nitrogens with zero attached hydrogens (tertiary/aromatic N) is 4. The van der Waals surface area contributed by atoms with Crippen LogP contribution in [0.4, 0.5) is 11.6 Å². The quantitative estimate of drug-likeness (QED) is 0.834. The molecule has 0 aliphatic carbocycles. The van der Waals surface area contributed by atoms with Crippen LogP contribution in [0.3, 0.4) is 0 Å². The highest BCUT2D eigenvalue weighted by atomic mass is 15.3. The van der Waals surface area contributed by atoms with Gasteiger partial charge in [-0.2, -0.15) is 4.98 Å². The Morgan fingerprint density at radius 3 is 2.94 bits per heavy atom. The predicted octanol–water partition coefficient (Wildman–Crippen LogP) is 2.00. The summed E-state index contributed by atoms with van der Waals surface area (Å²) in [6.07, 6.45) is 3.85. The van der Waals surface area contributed by atoms with Crippen molar-refractivity contribution in [2.24, 2.45) is 0 Å². The first-order valence-electron chi connectivity index (χ1n) is 6.55. The molecule has 3 heterocycles. The zero-order chi connectivity index (χ0) is 12.7. The molecule has 1 fully saturated rings. The number of nitrogen functional groups attached to an aromatic ring is 1. The second-order valence-corrected chi connectivity index (χ2v) is 5.08. The van der Waals surface area contributed by atoms with E-state index in [1.165, 1.54) is 24.9 Å². The van der Waals surface area contributed by atoms with Gasteiger partial charge in [-0.1, -0.05) is 0 Å². The zero-order valence-electron chi connectivity index (χ0n) is 10.9. The van der Waals surface area contributed by atoms with Crippen LogP contribution in [0, 0.1) is 6.92 Å². The first-order valence-corrected chi connectivity index (χ1v) is 6.55. The van der Waals surface area contributed by atoms with Gasteiger partial charge in [0, 0.05) is 12.6 Å². The molecule has 0 spiro atoms. The molecule has 2 N–H and O–H groups in total. The molecular formula is C13H19N5. The van der Waals surface area contributed by atoms with Crippen molar-refractivity contribution in [3.8, 4) is 0 Å². The van der Waals surface area contributed by atoms with Crippen LogP contribution in [0.5, 0.6) is 0 Å². The van der Waals surface area contributed by atoms with E-state index in [1.807, 2.05) is 10.6 Å². The van der Waals surface area contributed by atoms with Gasteiger partial charge < -0.3 is 10.6 Å². The third-order valence-electron chi connectivity index (χ3n) is 3.84. The highest BCUT2D eigenvalue weighted by Crippen LogP contribution is 2.27. The maximum atomic E-state index is 5.66. The first-order chi connectivity index (χ1) is 8.66. The predicted molar refractivity (Wildman–Crippen MR) is 72.8 cm³/mol. The number of fused-ring (bicyclic) bond motifs is 1. The summed E-state index contributed by atoms with van der Waals surface area (Å²) in [4.78, 5) is 6.66. The number of aryl methyl sites for hydroxylation is 1. The van der Waals surface area contributed by atoms with Crippen LogP contribution in [-0.2, 0) is 0 Å². The van der Waals surface area contributed by atoms with Gasteiger partial charge >= 0.3 is 0 Å². The van der Waals surface area contributed by atoms with E-state index in [4.69, 9.17) is 5.73 Å². The molecule has 0 amide bonds. The zero-order valence-corrected chi connectivity index (χ0v) is 10.9. The Morgan fingerprint density at radius 1 is 1.33 bits per heavy atom. The Morgan fingerprint density at radius 2 is 2.17 bits per heavy atom. The average Bonchev–Trinajstić information content (AvgIpc) is 2.73. The lowest BCUT2D eigenvalue weighted by atomic mass is 10.0. The number of aromatic nitrogens is 3. The van der Waals surface area contributed by atoms with Crippen LogP contribution in [0.1, 0.15) is 31.9 Å². The molecule has 0 aromatic carbocycles. The molecular weight excluding hydrogens is 226 g/mol. The molecule has 5 heteroatoms. The highest BCUT2D eigenvalue weighted by molar-refractivity contribution is 5.58. The van der Waals surface area contributed by atoms with E-state index in [-0.39, 0.29) is 0 Å². The van der Waals surface area contributed by atoms with Crippen LogP contribution in [-0.4, -0.2) is 27.2 Å². The Hall–Kier alpha value is -1.78. The Balaban J connectivity index is 2.08. The lowest BCUT2D eigenvalue weighted by Crippen LogP contribution is -2.38. The average molecular weight is 245 g/mol. The number of hydrogen-bond donors (Lipinski definition) is 1. The number of anilines is 2. The molecule has 0 radical (unpaired) electrons. The van der Waals surface area contributed by atoms with Gasteiger partial charge in [-0.3, -0.25) is 0 Å². The molecule has 5 nitrogen and oxygen atoms in total. The van der Waals surface area contributed by atoms with E-state index in [0.29, 0.717) is 12.0 Å². The van der Waals surface area contributed by atoms with Crippen LogP contribution in [0.25, 0.3) is 5.65 Å². The fourth-order valence-electron chi connectivity index (χ4n) is 2.84. The van der Waals surface area contributed by atoms with Crippen LogP contribution >= 0.6 is 0 Å². The van der Waals surface area contributed by atoms with Gasteiger partial charge in [0.15, 0.2) is 5.65 Å². The van der Waals surface area contributed by atoms with Gasteiger partial charge in [-0.15, -0.1) is 5.10 Å². The first kappa shape index (κ1) is 11.3.